The third kappa shape index (κ3) is 4.36. The van der Waals surface area contributed by atoms with Crippen molar-refractivity contribution in [1.29, 1.82) is 0 Å². The molecule has 0 aliphatic carbocycles. The molecule has 0 bridgehead atoms. The van der Waals surface area contributed by atoms with E-state index in [1.54, 1.807) is 0 Å². The largest absolute Gasteiger partial charge is 0.279 e. The van der Waals surface area contributed by atoms with Crippen LogP contribution in [0.4, 0.5) is 0 Å². The van der Waals surface area contributed by atoms with Gasteiger partial charge in [-0.1, -0.05) is 37.3 Å². The van der Waals surface area contributed by atoms with Gasteiger partial charge in [-0.3, -0.25) is 20.4 Å². The topological polar surface area (TPSA) is 71.1 Å². The molecule has 3 aromatic rings. The van der Waals surface area contributed by atoms with E-state index in [9.17, 15) is 9.59 Å². The van der Waals surface area contributed by atoms with E-state index in [1.165, 1.54) is 27.6 Å². The first-order chi connectivity index (χ1) is 12.6. The third-order valence-electron chi connectivity index (χ3n) is 3.80. The van der Waals surface area contributed by atoms with Crippen LogP contribution in [-0.2, 0) is 17.6 Å². The Balaban J connectivity index is 1.54. The molecule has 0 aliphatic rings. The second-order valence-corrected chi connectivity index (χ2v) is 7.75. The highest BCUT2D eigenvalue weighted by atomic mass is 32.1. The molecule has 0 spiro atoms. The molecular weight excluding hydrogens is 366 g/mol. The molecule has 26 heavy (non-hydrogen) atoms. The van der Waals surface area contributed by atoms with Gasteiger partial charge in [0, 0.05) is 15.8 Å². The Labute approximate surface area is 160 Å². The first kappa shape index (κ1) is 18.3. The van der Waals surface area contributed by atoms with Crippen molar-refractivity contribution in [3.05, 3.63) is 62.8 Å². The van der Waals surface area contributed by atoms with Crippen LogP contribution in [0.3, 0.4) is 0 Å². The van der Waals surface area contributed by atoms with E-state index >= 15 is 0 Å². The maximum absolute atomic E-state index is 12.1. The molecule has 134 valence electrons. The van der Waals surface area contributed by atoms with E-state index in [0.717, 1.165) is 22.6 Å². The third-order valence-corrected chi connectivity index (χ3v) is 6.12. The fourth-order valence-corrected chi connectivity index (χ4v) is 4.32. The summed E-state index contributed by atoms with van der Waals surface area (Å²) < 4.78 is 0. The fourth-order valence-electron chi connectivity index (χ4n) is 2.48. The second kappa shape index (κ2) is 8.25. The summed E-state index contributed by atoms with van der Waals surface area (Å²) in [4.78, 5) is 30.5. The molecule has 0 saturated heterocycles. The number of benzene rings is 1. The van der Waals surface area contributed by atoms with Gasteiger partial charge in [0.25, 0.3) is 5.91 Å². The van der Waals surface area contributed by atoms with Gasteiger partial charge in [0.1, 0.15) is 5.01 Å². The number of nitrogens with one attached hydrogen (secondary N) is 2. The van der Waals surface area contributed by atoms with E-state index in [0.29, 0.717) is 10.6 Å². The van der Waals surface area contributed by atoms with Gasteiger partial charge in [0.15, 0.2) is 0 Å². The Bertz CT molecular complexity index is 916. The van der Waals surface area contributed by atoms with Gasteiger partial charge in [-0.05, 0) is 25.0 Å². The van der Waals surface area contributed by atoms with Crippen molar-refractivity contribution < 1.29 is 9.59 Å². The van der Waals surface area contributed by atoms with Crippen LogP contribution >= 0.6 is 22.7 Å². The molecule has 2 amide bonds. The fraction of sp³-hybridized carbons (Fsp3) is 0.211. The number of aromatic nitrogens is 1. The monoisotopic (exact) mass is 385 g/mol. The number of carbonyl (C=O) groups excluding carboxylic acids is 2. The lowest BCUT2D eigenvalue weighted by Gasteiger charge is -2.05. The summed E-state index contributed by atoms with van der Waals surface area (Å²) in [7, 11) is 0. The maximum Gasteiger partial charge on any atom is 0.279 e. The molecule has 0 atom stereocenters. The number of thiophene rings is 1. The lowest BCUT2D eigenvalue weighted by Crippen LogP contribution is -2.42. The smallest absolute Gasteiger partial charge is 0.273 e. The van der Waals surface area contributed by atoms with Crippen molar-refractivity contribution in [1.82, 2.24) is 15.8 Å². The number of hydrazine groups is 1. The Morgan fingerprint density at radius 2 is 1.92 bits per heavy atom. The van der Waals surface area contributed by atoms with Crippen molar-refractivity contribution in [3.8, 4) is 10.6 Å². The minimum atomic E-state index is -0.299. The molecule has 2 N–H and O–H groups in total. The first-order valence-electron chi connectivity index (χ1n) is 8.25. The minimum absolute atomic E-state index is 0.118. The zero-order valence-electron chi connectivity index (χ0n) is 14.5. The van der Waals surface area contributed by atoms with Crippen LogP contribution in [0.1, 0.15) is 32.7 Å². The molecule has 0 aliphatic heterocycles. The van der Waals surface area contributed by atoms with E-state index in [4.69, 9.17) is 0 Å². The molecular formula is C19H19N3O2S2. The highest BCUT2D eigenvalue weighted by molar-refractivity contribution is 7.14. The number of amides is 2. The van der Waals surface area contributed by atoms with Gasteiger partial charge in [-0.25, -0.2) is 4.98 Å². The zero-order valence-corrected chi connectivity index (χ0v) is 16.2. The van der Waals surface area contributed by atoms with Gasteiger partial charge < -0.3 is 0 Å². The summed E-state index contributed by atoms with van der Waals surface area (Å²) in [6.45, 7) is 4.04. The average Bonchev–Trinajstić information content (AvgIpc) is 3.27. The van der Waals surface area contributed by atoms with Crippen molar-refractivity contribution in [2.45, 2.75) is 26.7 Å². The number of carbonyl (C=O) groups is 2. The number of rotatable bonds is 5. The van der Waals surface area contributed by atoms with E-state index in [1.807, 2.05) is 48.7 Å². The second-order valence-electron chi connectivity index (χ2n) is 5.76. The molecule has 1 aromatic carbocycles. The molecule has 0 radical (unpaired) electrons. The van der Waals surface area contributed by atoms with E-state index in [-0.39, 0.29) is 18.2 Å². The molecule has 7 heteroatoms. The van der Waals surface area contributed by atoms with Gasteiger partial charge in [0.2, 0.25) is 5.91 Å². The molecule has 3 rings (SSSR count). The number of thiazole rings is 1. The minimum Gasteiger partial charge on any atom is -0.273 e. The molecule has 0 fully saturated rings. The number of aryl methyl sites for hydroxylation is 2. The highest BCUT2D eigenvalue weighted by Crippen LogP contribution is 2.23. The molecule has 0 unspecified atom stereocenters. The number of nitrogens with zero attached hydrogens (tertiary/aromatic N) is 1. The lowest BCUT2D eigenvalue weighted by atomic mass is 10.2. The van der Waals surface area contributed by atoms with E-state index < -0.39 is 0 Å². The van der Waals surface area contributed by atoms with Gasteiger partial charge in [-0.2, -0.15) is 0 Å². The normalized spacial score (nSPS) is 10.5. The predicted octanol–water partition coefficient (Wildman–Crippen LogP) is 3.75. The molecule has 2 heterocycles. The predicted molar refractivity (Wildman–Crippen MR) is 105 cm³/mol. The average molecular weight is 386 g/mol. The van der Waals surface area contributed by atoms with Crippen LogP contribution in [0, 0.1) is 6.92 Å². The highest BCUT2D eigenvalue weighted by Gasteiger charge is 2.13. The number of hydrogen-bond acceptors (Lipinski definition) is 5. The first-order valence-corrected chi connectivity index (χ1v) is 9.94. The summed E-state index contributed by atoms with van der Waals surface area (Å²) in [6.07, 6.45) is 1.01. The Morgan fingerprint density at radius 3 is 2.62 bits per heavy atom. The van der Waals surface area contributed by atoms with Crippen LogP contribution < -0.4 is 10.9 Å². The van der Waals surface area contributed by atoms with Crippen LogP contribution in [-0.4, -0.2) is 16.8 Å². The Morgan fingerprint density at radius 1 is 1.15 bits per heavy atom. The summed E-state index contributed by atoms with van der Waals surface area (Å²) in [5, 5.41) is 2.73. The maximum atomic E-state index is 12.1. The van der Waals surface area contributed by atoms with Crippen molar-refractivity contribution in [2.75, 3.05) is 0 Å². The van der Waals surface area contributed by atoms with Gasteiger partial charge in [-0.15, -0.1) is 22.7 Å². The van der Waals surface area contributed by atoms with Crippen LogP contribution in [0.2, 0.25) is 0 Å². The van der Waals surface area contributed by atoms with Crippen LogP contribution in [0.5, 0.6) is 0 Å². The summed E-state index contributed by atoms with van der Waals surface area (Å²) in [5.74, 6) is -0.596. The summed E-state index contributed by atoms with van der Waals surface area (Å²) in [6, 6.07) is 11.7. The SMILES string of the molecule is CCc1sc(C(=O)NNC(=O)Cc2csc(-c3ccccc3)n2)cc1C. The Kier molecular flexibility index (Phi) is 5.80. The standard InChI is InChI=1S/C19H19N3O2S2/c1-3-15-12(2)9-16(26-15)18(24)22-21-17(23)10-14-11-25-19(20-14)13-7-5-4-6-8-13/h4-9,11H,3,10H2,1-2H3,(H,21,23)(H,22,24). The lowest BCUT2D eigenvalue weighted by molar-refractivity contribution is -0.121. The summed E-state index contributed by atoms with van der Waals surface area (Å²) in [5.41, 5.74) is 7.74. The van der Waals surface area contributed by atoms with Crippen molar-refractivity contribution >= 4 is 34.5 Å². The van der Waals surface area contributed by atoms with Gasteiger partial charge >= 0.3 is 0 Å². The van der Waals surface area contributed by atoms with Crippen LogP contribution in [0.15, 0.2) is 41.8 Å². The van der Waals surface area contributed by atoms with Crippen molar-refractivity contribution in [2.24, 2.45) is 0 Å². The number of hydrogen-bond donors (Lipinski definition) is 2. The van der Waals surface area contributed by atoms with Gasteiger partial charge in [0.05, 0.1) is 17.0 Å². The molecule has 2 aromatic heterocycles. The zero-order chi connectivity index (χ0) is 18.5. The Hall–Kier alpha value is -2.51. The van der Waals surface area contributed by atoms with Crippen molar-refractivity contribution in [3.63, 3.8) is 0 Å². The molecule has 0 saturated carbocycles. The molecule has 5 nitrogen and oxygen atoms in total. The summed E-state index contributed by atoms with van der Waals surface area (Å²) >= 11 is 2.95. The van der Waals surface area contributed by atoms with E-state index in [2.05, 4.69) is 22.8 Å². The van der Waals surface area contributed by atoms with Crippen LogP contribution in [0.25, 0.3) is 10.6 Å². The quantitative estimate of drug-likeness (QED) is 0.657.